The standard InChI is InChI=1S/C9H9F/c1-2-3-8-4-6-9(10)7-5-8/h4-6,9H,7H2,1H3. The van der Waals surface area contributed by atoms with Crippen molar-refractivity contribution < 1.29 is 4.39 Å². The molecule has 0 spiro atoms. The second kappa shape index (κ2) is 3.22. The van der Waals surface area contributed by atoms with Gasteiger partial charge in [-0.2, -0.15) is 0 Å². The quantitative estimate of drug-likeness (QED) is 0.448. The van der Waals surface area contributed by atoms with Crippen LogP contribution in [0.5, 0.6) is 0 Å². The van der Waals surface area contributed by atoms with E-state index in [0.717, 1.165) is 5.57 Å². The zero-order valence-electron chi connectivity index (χ0n) is 5.89. The molecule has 0 bridgehead atoms. The normalized spacial score (nSPS) is 23.0. The largest absolute Gasteiger partial charge is 0.243 e. The number of hydrogen-bond acceptors (Lipinski definition) is 0. The summed E-state index contributed by atoms with van der Waals surface area (Å²) in [5, 5.41) is 0. The first-order chi connectivity index (χ1) is 4.83. The fourth-order valence-electron chi connectivity index (χ4n) is 0.831. The lowest BCUT2D eigenvalue weighted by Gasteiger charge is -2.03. The molecule has 0 saturated carbocycles. The number of allylic oxidation sites excluding steroid dienone is 4. The Balaban J connectivity index is 2.64. The number of alkyl halides is 1. The molecule has 0 N–H and O–H groups in total. The zero-order chi connectivity index (χ0) is 7.40. The third-order valence-corrected chi connectivity index (χ3v) is 1.32. The predicted octanol–water partition coefficient (Wildman–Crippen LogP) is 2.23. The molecule has 1 heteroatoms. The fraction of sp³-hybridized carbons (Fsp3) is 0.333. The highest BCUT2D eigenvalue weighted by atomic mass is 19.1. The maximum Gasteiger partial charge on any atom is 0.122 e. The van der Waals surface area contributed by atoms with Crippen LogP contribution in [0.2, 0.25) is 0 Å². The maximum atomic E-state index is 12.4. The van der Waals surface area contributed by atoms with Crippen LogP contribution < -0.4 is 0 Å². The van der Waals surface area contributed by atoms with Crippen molar-refractivity contribution in [1.82, 2.24) is 0 Å². The van der Waals surface area contributed by atoms with Gasteiger partial charge in [0.05, 0.1) is 0 Å². The highest BCUT2D eigenvalue weighted by molar-refractivity contribution is 5.40. The van der Waals surface area contributed by atoms with Crippen molar-refractivity contribution in [2.24, 2.45) is 0 Å². The molecule has 0 radical (unpaired) electrons. The second-order valence-electron chi connectivity index (χ2n) is 2.15. The molecule has 1 rings (SSSR count). The van der Waals surface area contributed by atoms with E-state index in [1.165, 1.54) is 0 Å². The van der Waals surface area contributed by atoms with Crippen molar-refractivity contribution in [1.29, 1.82) is 0 Å². The highest BCUT2D eigenvalue weighted by Crippen LogP contribution is 2.11. The molecule has 1 aliphatic rings. The molecule has 0 fully saturated rings. The van der Waals surface area contributed by atoms with Gasteiger partial charge in [0.15, 0.2) is 0 Å². The summed E-state index contributed by atoms with van der Waals surface area (Å²) in [6, 6.07) is 0. The Morgan fingerprint density at radius 2 is 2.50 bits per heavy atom. The first-order valence-corrected chi connectivity index (χ1v) is 3.28. The minimum Gasteiger partial charge on any atom is -0.243 e. The van der Waals surface area contributed by atoms with Crippen LogP contribution in [-0.4, -0.2) is 6.17 Å². The molecule has 52 valence electrons. The summed E-state index contributed by atoms with van der Waals surface area (Å²) in [5.41, 5.74) is 0.927. The average Bonchev–Trinajstić information content (AvgIpc) is 1.95. The Kier molecular flexibility index (Phi) is 2.28. The van der Waals surface area contributed by atoms with Crippen molar-refractivity contribution in [3.8, 4) is 11.8 Å². The van der Waals surface area contributed by atoms with Gasteiger partial charge in [0, 0.05) is 12.0 Å². The van der Waals surface area contributed by atoms with Crippen molar-refractivity contribution in [2.75, 3.05) is 0 Å². The Morgan fingerprint density at radius 1 is 1.70 bits per heavy atom. The molecule has 0 aliphatic heterocycles. The Morgan fingerprint density at radius 3 is 3.00 bits per heavy atom. The molecule has 1 atom stereocenters. The lowest BCUT2D eigenvalue weighted by atomic mass is 10.1. The molecule has 0 aromatic rings. The van der Waals surface area contributed by atoms with Crippen LogP contribution in [0.3, 0.4) is 0 Å². The Labute approximate surface area is 60.4 Å². The SMILES string of the molecule is CC#CC1=CCC(F)C=C1. The third-order valence-electron chi connectivity index (χ3n) is 1.32. The van der Waals surface area contributed by atoms with Crippen LogP contribution in [-0.2, 0) is 0 Å². The van der Waals surface area contributed by atoms with Gasteiger partial charge in [-0.3, -0.25) is 0 Å². The van der Waals surface area contributed by atoms with E-state index in [4.69, 9.17) is 0 Å². The average molecular weight is 136 g/mol. The molecule has 0 amide bonds. The minimum absolute atomic E-state index is 0.473. The van der Waals surface area contributed by atoms with Gasteiger partial charge in [0.2, 0.25) is 0 Å². The van der Waals surface area contributed by atoms with E-state index in [1.54, 1.807) is 19.1 Å². The van der Waals surface area contributed by atoms with Gasteiger partial charge < -0.3 is 0 Å². The van der Waals surface area contributed by atoms with E-state index in [0.29, 0.717) is 6.42 Å². The van der Waals surface area contributed by atoms with Crippen LogP contribution >= 0.6 is 0 Å². The molecule has 0 heterocycles. The van der Waals surface area contributed by atoms with Gasteiger partial charge in [-0.1, -0.05) is 12.0 Å². The van der Waals surface area contributed by atoms with E-state index in [2.05, 4.69) is 11.8 Å². The molecule has 0 nitrogen and oxygen atoms in total. The molecule has 0 aromatic heterocycles. The monoisotopic (exact) mass is 136 g/mol. The van der Waals surface area contributed by atoms with Gasteiger partial charge in [-0.15, -0.1) is 5.92 Å². The van der Waals surface area contributed by atoms with Gasteiger partial charge in [0.1, 0.15) is 6.17 Å². The van der Waals surface area contributed by atoms with Crippen LogP contribution in [0.4, 0.5) is 4.39 Å². The lowest BCUT2D eigenvalue weighted by Crippen LogP contribution is -1.97. The van der Waals surface area contributed by atoms with Gasteiger partial charge in [-0.25, -0.2) is 4.39 Å². The molecule has 1 aliphatic carbocycles. The summed E-state index contributed by atoms with van der Waals surface area (Å²) in [7, 11) is 0. The van der Waals surface area contributed by atoms with Crippen molar-refractivity contribution in [2.45, 2.75) is 19.5 Å². The fourth-order valence-corrected chi connectivity index (χ4v) is 0.831. The zero-order valence-corrected chi connectivity index (χ0v) is 5.89. The summed E-state index contributed by atoms with van der Waals surface area (Å²) < 4.78 is 12.4. The van der Waals surface area contributed by atoms with E-state index in [1.807, 2.05) is 6.08 Å². The van der Waals surface area contributed by atoms with Crippen LogP contribution in [0.15, 0.2) is 23.8 Å². The van der Waals surface area contributed by atoms with Crippen molar-refractivity contribution >= 4 is 0 Å². The summed E-state index contributed by atoms with van der Waals surface area (Å²) >= 11 is 0. The Hall–Kier alpha value is -1.03. The first-order valence-electron chi connectivity index (χ1n) is 3.28. The predicted molar refractivity (Wildman–Crippen MR) is 40.2 cm³/mol. The Bertz CT molecular complexity index is 225. The number of rotatable bonds is 0. The third kappa shape index (κ3) is 1.73. The van der Waals surface area contributed by atoms with Crippen molar-refractivity contribution in [3.05, 3.63) is 23.8 Å². The summed E-state index contributed by atoms with van der Waals surface area (Å²) in [5.74, 6) is 5.62. The van der Waals surface area contributed by atoms with E-state index >= 15 is 0 Å². The summed E-state index contributed by atoms with van der Waals surface area (Å²) in [6.07, 6.45) is 4.76. The van der Waals surface area contributed by atoms with E-state index < -0.39 is 6.17 Å². The number of hydrogen-bond donors (Lipinski definition) is 0. The number of halogens is 1. The van der Waals surface area contributed by atoms with Crippen LogP contribution in [0.25, 0.3) is 0 Å². The topological polar surface area (TPSA) is 0 Å². The minimum atomic E-state index is -0.803. The molecule has 0 aromatic carbocycles. The molecule has 1 unspecified atom stereocenters. The van der Waals surface area contributed by atoms with Crippen LogP contribution in [0, 0.1) is 11.8 Å². The maximum absolute atomic E-state index is 12.4. The molecular weight excluding hydrogens is 127 g/mol. The summed E-state index contributed by atoms with van der Waals surface area (Å²) in [6.45, 7) is 1.77. The smallest absolute Gasteiger partial charge is 0.122 e. The summed E-state index contributed by atoms with van der Waals surface area (Å²) in [4.78, 5) is 0. The van der Waals surface area contributed by atoms with E-state index in [-0.39, 0.29) is 0 Å². The molecule has 0 saturated heterocycles. The van der Waals surface area contributed by atoms with Gasteiger partial charge >= 0.3 is 0 Å². The lowest BCUT2D eigenvalue weighted by molar-refractivity contribution is 0.401. The van der Waals surface area contributed by atoms with E-state index in [9.17, 15) is 4.39 Å². The first kappa shape index (κ1) is 7.08. The van der Waals surface area contributed by atoms with Gasteiger partial charge in [0.25, 0.3) is 0 Å². The van der Waals surface area contributed by atoms with Gasteiger partial charge in [-0.05, 0) is 19.1 Å². The second-order valence-corrected chi connectivity index (χ2v) is 2.15. The highest BCUT2D eigenvalue weighted by Gasteiger charge is 2.03. The molecular formula is C9H9F. The van der Waals surface area contributed by atoms with Crippen LogP contribution in [0.1, 0.15) is 13.3 Å². The van der Waals surface area contributed by atoms with Crippen molar-refractivity contribution in [3.63, 3.8) is 0 Å². The molecule has 10 heavy (non-hydrogen) atoms.